The third-order valence-electron chi connectivity index (χ3n) is 2.50. The van der Waals surface area contributed by atoms with E-state index in [1.54, 1.807) is 7.11 Å². The molecular formula is C13H15NO. The van der Waals surface area contributed by atoms with Gasteiger partial charge in [0.1, 0.15) is 0 Å². The molecule has 0 N–H and O–H groups in total. The average molecular weight is 201 g/mol. The number of ether oxygens (including phenoxy) is 1. The summed E-state index contributed by atoms with van der Waals surface area (Å²) in [6, 6.07) is 12.6. The normalized spacial score (nSPS) is 10.5. The zero-order valence-corrected chi connectivity index (χ0v) is 9.10. The highest BCUT2D eigenvalue weighted by molar-refractivity contribution is 5.60. The number of methoxy groups -OCH3 is 1. The number of benzene rings is 1. The predicted octanol–water partition coefficient (Wildman–Crippen LogP) is 2.84. The Morgan fingerprint density at radius 3 is 2.40 bits per heavy atom. The summed E-state index contributed by atoms with van der Waals surface area (Å²) in [7, 11) is 3.77. The van der Waals surface area contributed by atoms with Crippen LogP contribution in [0.4, 0.5) is 0 Å². The second-order valence-corrected chi connectivity index (χ2v) is 3.63. The topological polar surface area (TPSA) is 14.2 Å². The van der Waals surface area contributed by atoms with Gasteiger partial charge in [-0.05, 0) is 23.3 Å². The Hall–Kier alpha value is -1.54. The van der Waals surface area contributed by atoms with Crippen molar-refractivity contribution < 1.29 is 4.74 Å². The molecule has 0 saturated heterocycles. The van der Waals surface area contributed by atoms with Crippen molar-refractivity contribution in [3.8, 4) is 11.3 Å². The molecule has 0 unspecified atom stereocenters. The van der Waals surface area contributed by atoms with Crippen LogP contribution in [0.2, 0.25) is 0 Å². The van der Waals surface area contributed by atoms with Crippen molar-refractivity contribution in [3.05, 3.63) is 48.2 Å². The van der Waals surface area contributed by atoms with Gasteiger partial charge in [0.2, 0.25) is 0 Å². The maximum atomic E-state index is 5.08. The van der Waals surface area contributed by atoms with E-state index in [0.29, 0.717) is 6.61 Å². The quantitative estimate of drug-likeness (QED) is 0.744. The molecule has 0 amide bonds. The van der Waals surface area contributed by atoms with E-state index in [1.807, 2.05) is 0 Å². The number of hydrogen-bond acceptors (Lipinski definition) is 1. The molecule has 78 valence electrons. The van der Waals surface area contributed by atoms with Gasteiger partial charge in [-0.2, -0.15) is 0 Å². The molecule has 0 spiro atoms. The van der Waals surface area contributed by atoms with Crippen LogP contribution in [0.3, 0.4) is 0 Å². The molecule has 0 atom stereocenters. The lowest BCUT2D eigenvalue weighted by Crippen LogP contribution is -1.90. The molecule has 0 aliphatic carbocycles. The molecule has 2 rings (SSSR count). The molecule has 0 aliphatic rings. The summed E-state index contributed by atoms with van der Waals surface area (Å²) in [6.07, 6.45) is 2.05. The monoisotopic (exact) mass is 201 g/mol. The average Bonchev–Trinajstić information content (AvgIpc) is 2.66. The van der Waals surface area contributed by atoms with Gasteiger partial charge in [0, 0.05) is 26.0 Å². The molecule has 0 aliphatic heterocycles. The van der Waals surface area contributed by atoms with Crippen LogP contribution in [0, 0.1) is 0 Å². The van der Waals surface area contributed by atoms with Crippen LogP contribution in [0.15, 0.2) is 42.6 Å². The highest BCUT2D eigenvalue weighted by Gasteiger charge is 2.00. The summed E-state index contributed by atoms with van der Waals surface area (Å²) >= 11 is 0. The van der Waals surface area contributed by atoms with Gasteiger partial charge in [0.05, 0.1) is 6.61 Å². The van der Waals surface area contributed by atoms with Gasteiger partial charge in [-0.1, -0.05) is 24.3 Å². The zero-order valence-electron chi connectivity index (χ0n) is 9.10. The first kappa shape index (κ1) is 9.99. The van der Waals surface area contributed by atoms with Gasteiger partial charge >= 0.3 is 0 Å². The van der Waals surface area contributed by atoms with Crippen molar-refractivity contribution in [2.45, 2.75) is 6.61 Å². The Balaban J connectivity index is 2.28. The molecule has 2 heteroatoms. The third-order valence-corrected chi connectivity index (χ3v) is 2.50. The maximum Gasteiger partial charge on any atom is 0.0713 e. The third kappa shape index (κ3) is 2.10. The number of nitrogens with zero attached hydrogens (tertiary/aromatic N) is 1. The highest BCUT2D eigenvalue weighted by Crippen LogP contribution is 2.19. The van der Waals surface area contributed by atoms with Crippen molar-refractivity contribution in [2.24, 2.45) is 7.05 Å². The van der Waals surface area contributed by atoms with Crippen molar-refractivity contribution >= 4 is 0 Å². The SMILES string of the molecule is COCc1ccc(-c2cccn2C)cc1. The summed E-state index contributed by atoms with van der Waals surface area (Å²) in [5, 5.41) is 0. The van der Waals surface area contributed by atoms with Crippen LogP contribution in [0.1, 0.15) is 5.56 Å². The fourth-order valence-corrected chi connectivity index (χ4v) is 1.70. The van der Waals surface area contributed by atoms with Crippen molar-refractivity contribution in [2.75, 3.05) is 7.11 Å². The second-order valence-electron chi connectivity index (χ2n) is 3.63. The minimum atomic E-state index is 0.674. The Labute approximate surface area is 90.1 Å². The van der Waals surface area contributed by atoms with Gasteiger partial charge in [0.25, 0.3) is 0 Å². The summed E-state index contributed by atoms with van der Waals surface area (Å²) < 4.78 is 7.19. The number of rotatable bonds is 3. The second kappa shape index (κ2) is 4.32. The van der Waals surface area contributed by atoms with Gasteiger partial charge in [0.15, 0.2) is 0 Å². The minimum absolute atomic E-state index is 0.674. The van der Waals surface area contributed by atoms with Crippen LogP contribution in [0.5, 0.6) is 0 Å². The van der Waals surface area contributed by atoms with Crippen molar-refractivity contribution in [1.29, 1.82) is 0 Å². The maximum absolute atomic E-state index is 5.08. The van der Waals surface area contributed by atoms with Crippen LogP contribution in [0.25, 0.3) is 11.3 Å². The smallest absolute Gasteiger partial charge is 0.0713 e. The van der Waals surface area contributed by atoms with Crippen molar-refractivity contribution in [3.63, 3.8) is 0 Å². The van der Waals surface area contributed by atoms with E-state index in [0.717, 1.165) is 0 Å². The Bertz CT molecular complexity index is 428. The predicted molar refractivity (Wildman–Crippen MR) is 61.6 cm³/mol. The molecule has 1 heterocycles. The Morgan fingerprint density at radius 2 is 1.87 bits per heavy atom. The minimum Gasteiger partial charge on any atom is -0.380 e. The van der Waals surface area contributed by atoms with Gasteiger partial charge in [-0.25, -0.2) is 0 Å². The highest BCUT2D eigenvalue weighted by atomic mass is 16.5. The molecule has 0 bridgehead atoms. The number of hydrogen-bond donors (Lipinski definition) is 0. The van der Waals surface area contributed by atoms with E-state index in [2.05, 4.69) is 54.2 Å². The Morgan fingerprint density at radius 1 is 1.13 bits per heavy atom. The number of aromatic nitrogens is 1. The first-order valence-electron chi connectivity index (χ1n) is 5.01. The van der Waals surface area contributed by atoms with Crippen LogP contribution < -0.4 is 0 Å². The molecule has 2 aromatic rings. The molecule has 15 heavy (non-hydrogen) atoms. The fourth-order valence-electron chi connectivity index (χ4n) is 1.70. The van der Waals surface area contributed by atoms with Gasteiger partial charge in [-0.3, -0.25) is 0 Å². The van der Waals surface area contributed by atoms with E-state index in [9.17, 15) is 0 Å². The fraction of sp³-hybridized carbons (Fsp3) is 0.231. The zero-order chi connectivity index (χ0) is 10.7. The molecule has 0 fully saturated rings. The van der Waals surface area contributed by atoms with E-state index < -0.39 is 0 Å². The number of aryl methyl sites for hydroxylation is 1. The van der Waals surface area contributed by atoms with Crippen LogP contribution in [-0.4, -0.2) is 11.7 Å². The Kier molecular flexibility index (Phi) is 2.88. The summed E-state index contributed by atoms with van der Waals surface area (Å²) in [5.41, 5.74) is 3.68. The first-order valence-corrected chi connectivity index (χ1v) is 5.01. The molecular weight excluding hydrogens is 186 g/mol. The summed E-state index contributed by atoms with van der Waals surface area (Å²) in [5.74, 6) is 0. The molecule has 1 aromatic heterocycles. The lowest BCUT2D eigenvalue weighted by atomic mass is 10.1. The van der Waals surface area contributed by atoms with E-state index in [4.69, 9.17) is 4.74 Å². The molecule has 2 nitrogen and oxygen atoms in total. The lowest BCUT2D eigenvalue weighted by molar-refractivity contribution is 0.185. The standard InChI is InChI=1S/C13H15NO/c1-14-9-3-4-13(14)12-7-5-11(6-8-12)10-15-2/h3-9H,10H2,1-2H3. The summed E-state index contributed by atoms with van der Waals surface area (Å²) in [6.45, 7) is 0.674. The lowest BCUT2D eigenvalue weighted by Gasteiger charge is -2.05. The molecule has 0 radical (unpaired) electrons. The molecule has 1 aromatic carbocycles. The largest absolute Gasteiger partial charge is 0.380 e. The van der Waals surface area contributed by atoms with Crippen molar-refractivity contribution in [1.82, 2.24) is 4.57 Å². The van der Waals surface area contributed by atoms with E-state index >= 15 is 0 Å². The van der Waals surface area contributed by atoms with Gasteiger partial charge < -0.3 is 9.30 Å². The van der Waals surface area contributed by atoms with Crippen LogP contribution >= 0.6 is 0 Å². The molecule has 0 saturated carbocycles. The first-order chi connectivity index (χ1) is 7.31. The van der Waals surface area contributed by atoms with E-state index in [-0.39, 0.29) is 0 Å². The van der Waals surface area contributed by atoms with Crippen LogP contribution in [-0.2, 0) is 18.4 Å². The summed E-state index contributed by atoms with van der Waals surface area (Å²) in [4.78, 5) is 0. The van der Waals surface area contributed by atoms with E-state index in [1.165, 1.54) is 16.8 Å². The van der Waals surface area contributed by atoms with Gasteiger partial charge in [-0.15, -0.1) is 0 Å².